The second kappa shape index (κ2) is 17.1. The Morgan fingerprint density at radius 1 is 0.615 bits per heavy atom. The van der Waals surface area contributed by atoms with E-state index in [1.165, 1.54) is 53.4 Å². The van der Waals surface area contributed by atoms with Crippen LogP contribution in [-0.2, 0) is 56.5 Å². The molecular formula is C36H54N2Pd. The third kappa shape index (κ3) is 8.11. The first-order valence-corrected chi connectivity index (χ1v) is 17.8. The van der Waals surface area contributed by atoms with E-state index in [2.05, 4.69) is 92.7 Å². The Bertz CT molecular complexity index is 1120. The molecule has 3 rings (SSSR count). The quantitative estimate of drug-likeness (QED) is 0.157. The van der Waals surface area contributed by atoms with Crippen LogP contribution in [0.1, 0.15) is 126 Å². The first-order valence-electron chi connectivity index (χ1n) is 15.6. The summed E-state index contributed by atoms with van der Waals surface area (Å²) in [6.07, 6.45) is 11.7. The van der Waals surface area contributed by atoms with E-state index in [-0.39, 0.29) is 0 Å². The van der Waals surface area contributed by atoms with Gasteiger partial charge in [0.15, 0.2) is 0 Å². The summed E-state index contributed by atoms with van der Waals surface area (Å²) in [4.78, 5) is 2.79. The van der Waals surface area contributed by atoms with Crippen molar-refractivity contribution in [2.75, 3.05) is 0 Å². The molecule has 0 amide bonds. The molecule has 0 bridgehead atoms. The molecule has 1 aliphatic heterocycles. The standard InChI is InChI=1S/C32H44N2.2C2H5.Pd/c1-8-15-16-26-21-31(27-17-22(9-2)29(13-6)23(10-3)18-27)34(33)32(26)28-19-24(11-4)30(14-7)25(12-5)20-28;2*1-2;/h17-21H,8-16H2,1-7H3;2*1H2,2H3;. The number of allylic oxidation sites excluding steroid dienone is 2. The van der Waals surface area contributed by atoms with Crippen LogP contribution in [0.3, 0.4) is 0 Å². The third-order valence-electron chi connectivity index (χ3n) is 7.84. The van der Waals surface area contributed by atoms with Crippen LogP contribution in [-0.4, -0.2) is 4.70 Å². The fraction of sp³-hybridized carbons (Fsp3) is 0.556. The summed E-state index contributed by atoms with van der Waals surface area (Å²) < 4.78 is 1.49. The van der Waals surface area contributed by atoms with Crippen LogP contribution in [0, 0.1) is 0 Å². The summed E-state index contributed by atoms with van der Waals surface area (Å²) >= 11 is 1.04. The normalized spacial score (nSPS) is 13.2. The molecule has 2 aromatic rings. The molecule has 1 aliphatic rings. The molecule has 2 nitrogen and oxygen atoms in total. The summed E-state index contributed by atoms with van der Waals surface area (Å²) in [6, 6.07) is 9.27. The van der Waals surface area contributed by atoms with Gasteiger partial charge in [-0.25, -0.2) is 4.70 Å². The minimum atomic E-state index is 0.920. The average Bonchev–Trinajstić information content (AvgIpc) is 3.30. The first-order chi connectivity index (χ1) is 18.9. The molecule has 0 spiro atoms. The van der Waals surface area contributed by atoms with Crippen LogP contribution in [0.25, 0.3) is 16.9 Å². The molecule has 0 saturated heterocycles. The van der Waals surface area contributed by atoms with Crippen LogP contribution < -0.4 is 0 Å². The molecule has 0 unspecified atom stereocenters. The molecule has 1 heterocycles. The molecule has 39 heavy (non-hydrogen) atoms. The van der Waals surface area contributed by atoms with Gasteiger partial charge in [0.2, 0.25) is 11.4 Å². The van der Waals surface area contributed by atoms with E-state index < -0.39 is 0 Å². The van der Waals surface area contributed by atoms with Gasteiger partial charge in [-0.05, 0) is 109 Å². The summed E-state index contributed by atoms with van der Waals surface area (Å²) in [6.45, 7) is 20.2. The Balaban J connectivity index is 0.000000976. The van der Waals surface area contributed by atoms with Crippen LogP contribution in [0.5, 0.6) is 0 Å². The number of nitrogens with zero attached hydrogens (tertiary/aromatic N) is 2. The zero-order valence-corrected chi connectivity index (χ0v) is 27.9. The Morgan fingerprint density at radius 2 is 1.05 bits per heavy atom. The summed E-state index contributed by atoms with van der Waals surface area (Å²) in [5, 5.41) is 0. The van der Waals surface area contributed by atoms with E-state index in [4.69, 9.17) is 0 Å². The topological polar surface area (TPSA) is 25.3 Å². The molecule has 0 aromatic heterocycles. The van der Waals surface area contributed by atoms with Gasteiger partial charge < -0.3 is 5.53 Å². The number of benzene rings is 2. The summed E-state index contributed by atoms with van der Waals surface area (Å²) in [7, 11) is 0. The van der Waals surface area contributed by atoms with E-state index in [9.17, 15) is 5.53 Å². The predicted octanol–water partition coefficient (Wildman–Crippen LogP) is 11.0. The molecule has 0 N–H and O–H groups in total. The van der Waals surface area contributed by atoms with Gasteiger partial charge in [0, 0.05) is 22.8 Å². The molecule has 218 valence electrons. The first kappa shape index (κ1) is 33.4. The molecule has 0 fully saturated rings. The van der Waals surface area contributed by atoms with Crippen molar-refractivity contribution in [3.63, 3.8) is 0 Å². The predicted molar refractivity (Wildman–Crippen MR) is 168 cm³/mol. The van der Waals surface area contributed by atoms with E-state index in [1.807, 2.05) is 0 Å². The van der Waals surface area contributed by atoms with Crippen LogP contribution in [0.4, 0.5) is 0 Å². The zero-order chi connectivity index (χ0) is 28.9. The van der Waals surface area contributed by atoms with Crippen molar-refractivity contribution in [2.24, 2.45) is 0 Å². The molecule has 0 aliphatic carbocycles. The van der Waals surface area contributed by atoms with Gasteiger partial charge >= 0.3 is 41.6 Å². The molecule has 2 aromatic carbocycles. The van der Waals surface area contributed by atoms with Crippen molar-refractivity contribution in [1.82, 2.24) is 0 Å². The average molecular weight is 621 g/mol. The van der Waals surface area contributed by atoms with Gasteiger partial charge in [0.25, 0.3) is 0 Å². The van der Waals surface area contributed by atoms with E-state index in [0.29, 0.717) is 0 Å². The van der Waals surface area contributed by atoms with Gasteiger partial charge in [0.05, 0.1) is 0 Å². The van der Waals surface area contributed by atoms with Crippen molar-refractivity contribution in [3.05, 3.63) is 86.0 Å². The van der Waals surface area contributed by atoms with Crippen molar-refractivity contribution < 1.29 is 22.7 Å². The minimum absolute atomic E-state index is 0.920. The van der Waals surface area contributed by atoms with E-state index in [0.717, 1.165) is 98.3 Å². The van der Waals surface area contributed by atoms with Crippen LogP contribution in [0.2, 0.25) is 9.79 Å². The van der Waals surface area contributed by atoms with Crippen molar-refractivity contribution in [1.29, 1.82) is 0 Å². The Hall–Kier alpha value is -1.82. The zero-order valence-electron chi connectivity index (χ0n) is 26.4. The number of hydrogen-bond acceptors (Lipinski definition) is 0. The van der Waals surface area contributed by atoms with Crippen LogP contribution in [0.15, 0.2) is 35.9 Å². The molecule has 0 saturated carbocycles. The second-order valence-electron chi connectivity index (χ2n) is 10.1. The summed E-state index contributed by atoms with van der Waals surface area (Å²) in [5.41, 5.74) is 25.7. The Kier molecular flexibility index (Phi) is 14.6. The fourth-order valence-corrected chi connectivity index (χ4v) is 6.61. The van der Waals surface area contributed by atoms with Gasteiger partial charge in [-0.2, -0.15) is 0 Å². The van der Waals surface area contributed by atoms with Crippen LogP contribution >= 0.6 is 0 Å². The Morgan fingerprint density at radius 3 is 1.38 bits per heavy atom. The van der Waals surface area contributed by atoms with Crippen molar-refractivity contribution in [2.45, 2.75) is 130 Å². The van der Waals surface area contributed by atoms with E-state index in [1.54, 1.807) is 0 Å². The van der Waals surface area contributed by atoms with Gasteiger partial charge in [-0.15, -0.1) is 0 Å². The third-order valence-corrected chi connectivity index (χ3v) is 9.39. The monoisotopic (exact) mass is 620 g/mol. The molecule has 0 radical (unpaired) electrons. The Labute approximate surface area is 249 Å². The van der Waals surface area contributed by atoms with Gasteiger partial charge in [0.1, 0.15) is 0 Å². The second-order valence-corrected chi connectivity index (χ2v) is 13.1. The summed E-state index contributed by atoms with van der Waals surface area (Å²) in [5.74, 6) is 0. The number of hydrogen-bond donors (Lipinski definition) is 0. The van der Waals surface area contributed by atoms with Gasteiger partial charge in [-0.3, -0.25) is 0 Å². The van der Waals surface area contributed by atoms with Crippen molar-refractivity contribution in [3.8, 4) is 0 Å². The maximum atomic E-state index is 11.6. The SMILES string of the molecule is CCCCC1=C(c2cc(CC)c(CC)c(CC)c2)[N+](=[N-])C(c2cc(CC)c(CC)c(CC)c2)=C1.C[CH2][Pd][CH2]C. The number of rotatable bonds is 13. The number of aryl methyl sites for hydroxylation is 4. The number of unbranched alkanes of at least 4 members (excludes halogenated alkanes) is 1. The van der Waals surface area contributed by atoms with Crippen molar-refractivity contribution >= 4 is 11.4 Å². The molecule has 3 heteroatoms. The maximum absolute atomic E-state index is 11.6. The molecular weight excluding hydrogens is 567 g/mol. The van der Waals surface area contributed by atoms with E-state index >= 15 is 0 Å². The fourth-order valence-electron chi connectivity index (χ4n) is 5.83. The van der Waals surface area contributed by atoms with Gasteiger partial charge in [-0.1, -0.05) is 54.9 Å². The molecule has 0 atom stereocenters.